The Labute approximate surface area is 120 Å². The van der Waals surface area contributed by atoms with Gasteiger partial charge in [0.25, 0.3) is 0 Å². The molecule has 1 aliphatic rings. The van der Waals surface area contributed by atoms with Gasteiger partial charge in [-0.1, -0.05) is 17.9 Å². The van der Waals surface area contributed by atoms with Crippen LogP contribution in [0.15, 0.2) is 23.1 Å². The van der Waals surface area contributed by atoms with Gasteiger partial charge < -0.3 is 5.11 Å². The van der Waals surface area contributed by atoms with E-state index in [1.165, 1.54) is 0 Å². The molecule has 0 bridgehead atoms. The molecule has 0 unspecified atom stereocenters. The molecule has 2 rings (SSSR count). The third kappa shape index (κ3) is 3.21. The van der Waals surface area contributed by atoms with Gasteiger partial charge in [0.2, 0.25) is 10.0 Å². The molecule has 1 aromatic rings. The summed E-state index contributed by atoms with van der Waals surface area (Å²) in [5.41, 5.74) is 0.955. The summed E-state index contributed by atoms with van der Waals surface area (Å²) in [5, 5.41) is 8.70. The fourth-order valence-electron chi connectivity index (χ4n) is 2.30. The monoisotopic (exact) mass is 293 g/mol. The molecule has 0 heterocycles. The first-order valence-electron chi connectivity index (χ1n) is 6.61. The Hall–Kier alpha value is -1.35. The summed E-state index contributed by atoms with van der Waals surface area (Å²) in [6.07, 6.45) is 2.80. The molecule has 0 spiro atoms. The van der Waals surface area contributed by atoms with Crippen LogP contribution >= 0.6 is 0 Å². The molecule has 1 saturated carbocycles. The van der Waals surface area contributed by atoms with Crippen molar-refractivity contribution in [2.75, 3.05) is 6.61 Å². The number of hydrogen-bond donors (Lipinski definition) is 2. The summed E-state index contributed by atoms with van der Waals surface area (Å²) in [5.74, 6) is 5.26. The van der Waals surface area contributed by atoms with E-state index < -0.39 is 10.0 Å². The summed E-state index contributed by atoms with van der Waals surface area (Å²) in [4.78, 5) is 0.260. The Morgan fingerprint density at radius 3 is 2.65 bits per heavy atom. The summed E-state index contributed by atoms with van der Waals surface area (Å²) in [7, 11) is -3.54. The topological polar surface area (TPSA) is 66.4 Å². The van der Waals surface area contributed by atoms with Crippen LogP contribution in [0.25, 0.3) is 0 Å². The molecule has 0 amide bonds. The van der Waals surface area contributed by atoms with E-state index in [-0.39, 0.29) is 17.0 Å². The Morgan fingerprint density at radius 2 is 2.10 bits per heavy atom. The molecule has 5 heteroatoms. The summed E-state index contributed by atoms with van der Waals surface area (Å²) >= 11 is 0. The second-order valence-electron chi connectivity index (χ2n) is 5.46. The predicted octanol–water partition coefficient (Wildman–Crippen LogP) is 1.56. The number of benzene rings is 1. The highest BCUT2D eigenvalue weighted by molar-refractivity contribution is 7.89. The molecule has 108 valence electrons. The largest absolute Gasteiger partial charge is 0.384 e. The van der Waals surface area contributed by atoms with Gasteiger partial charge in [0.1, 0.15) is 6.61 Å². The van der Waals surface area contributed by atoms with Gasteiger partial charge in [0.15, 0.2) is 0 Å². The Kier molecular flexibility index (Phi) is 4.19. The molecule has 2 N–H and O–H groups in total. The van der Waals surface area contributed by atoms with Crippen LogP contribution in [0.1, 0.15) is 37.3 Å². The van der Waals surface area contributed by atoms with Gasteiger partial charge in [-0.2, -0.15) is 0 Å². The van der Waals surface area contributed by atoms with Crippen molar-refractivity contribution in [3.05, 3.63) is 29.3 Å². The first-order chi connectivity index (χ1) is 9.36. The van der Waals surface area contributed by atoms with Crippen LogP contribution in [-0.2, 0) is 10.0 Å². The molecule has 4 nitrogen and oxygen atoms in total. The van der Waals surface area contributed by atoms with E-state index in [9.17, 15) is 8.42 Å². The van der Waals surface area contributed by atoms with E-state index in [2.05, 4.69) is 16.6 Å². The van der Waals surface area contributed by atoms with E-state index in [0.717, 1.165) is 19.3 Å². The van der Waals surface area contributed by atoms with Crippen LogP contribution in [0.4, 0.5) is 0 Å². The van der Waals surface area contributed by atoms with Crippen molar-refractivity contribution < 1.29 is 13.5 Å². The minimum atomic E-state index is -3.54. The lowest BCUT2D eigenvalue weighted by molar-refractivity contribution is 0.248. The Morgan fingerprint density at radius 1 is 1.40 bits per heavy atom. The standard InChI is InChI=1S/C15H19NO3S/c1-12-6-7-13(5-3-10-17)11-14(12)20(18,19)16-15(2)8-4-9-15/h6-7,11,16-17H,4,8-10H2,1-2H3. The summed E-state index contributed by atoms with van der Waals surface area (Å²) in [6, 6.07) is 5.05. The smallest absolute Gasteiger partial charge is 0.241 e. The second-order valence-corrected chi connectivity index (χ2v) is 7.11. The maximum absolute atomic E-state index is 12.5. The first-order valence-corrected chi connectivity index (χ1v) is 8.09. The summed E-state index contributed by atoms with van der Waals surface area (Å²) < 4.78 is 27.7. The number of nitrogens with one attached hydrogen (secondary N) is 1. The molecule has 20 heavy (non-hydrogen) atoms. The van der Waals surface area contributed by atoms with Crippen molar-refractivity contribution in [3.63, 3.8) is 0 Å². The molecule has 0 saturated heterocycles. The van der Waals surface area contributed by atoms with E-state index >= 15 is 0 Å². The van der Waals surface area contributed by atoms with Crippen molar-refractivity contribution >= 4 is 10.0 Å². The fourth-order valence-corrected chi connectivity index (χ4v) is 4.03. The van der Waals surface area contributed by atoms with E-state index in [1.807, 2.05) is 6.92 Å². The molecule has 1 aromatic carbocycles. The van der Waals surface area contributed by atoms with Gasteiger partial charge >= 0.3 is 0 Å². The molecule has 1 fully saturated rings. The van der Waals surface area contributed by atoms with Crippen molar-refractivity contribution in [1.82, 2.24) is 4.72 Å². The molecule has 0 aromatic heterocycles. The zero-order valence-corrected chi connectivity index (χ0v) is 12.5. The average Bonchev–Trinajstić information content (AvgIpc) is 2.35. The van der Waals surface area contributed by atoms with Gasteiger partial charge in [-0.15, -0.1) is 0 Å². The molecule has 0 aliphatic heterocycles. The Bertz CT molecular complexity index is 664. The molecule has 1 aliphatic carbocycles. The number of sulfonamides is 1. The number of aliphatic hydroxyl groups excluding tert-OH is 1. The third-order valence-electron chi connectivity index (χ3n) is 3.63. The van der Waals surface area contributed by atoms with Gasteiger partial charge in [-0.3, -0.25) is 0 Å². The highest BCUT2D eigenvalue weighted by atomic mass is 32.2. The van der Waals surface area contributed by atoms with E-state index in [1.54, 1.807) is 25.1 Å². The number of aliphatic hydroxyl groups is 1. The van der Waals surface area contributed by atoms with Crippen molar-refractivity contribution in [3.8, 4) is 11.8 Å². The van der Waals surface area contributed by atoms with Crippen LogP contribution in [0.3, 0.4) is 0 Å². The van der Waals surface area contributed by atoms with Crippen molar-refractivity contribution in [2.45, 2.75) is 43.5 Å². The molecular weight excluding hydrogens is 274 g/mol. The van der Waals surface area contributed by atoms with Gasteiger partial charge in [-0.25, -0.2) is 13.1 Å². The number of rotatable bonds is 3. The molecular formula is C15H19NO3S. The first kappa shape index (κ1) is 15.0. The Balaban J connectivity index is 2.35. The quantitative estimate of drug-likeness (QED) is 0.831. The normalized spacial score (nSPS) is 16.9. The van der Waals surface area contributed by atoms with Gasteiger partial charge in [0, 0.05) is 11.1 Å². The number of hydrogen-bond acceptors (Lipinski definition) is 3. The van der Waals surface area contributed by atoms with Crippen LogP contribution < -0.4 is 4.72 Å². The lowest BCUT2D eigenvalue weighted by Gasteiger charge is -2.38. The lowest BCUT2D eigenvalue weighted by Crippen LogP contribution is -2.50. The molecule has 0 radical (unpaired) electrons. The van der Waals surface area contributed by atoms with Crippen LogP contribution in [0.5, 0.6) is 0 Å². The predicted molar refractivity (Wildman–Crippen MR) is 77.7 cm³/mol. The summed E-state index contributed by atoms with van der Waals surface area (Å²) in [6.45, 7) is 3.45. The second kappa shape index (κ2) is 5.57. The van der Waals surface area contributed by atoms with Gasteiger partial charge in [-0.05, 0) is 50.8 Å². The van der Waals surface area contributed by atoms with E-state index in [4.69, 9.17) is 5.11 Å². The molecule has 0 atom stereocenters. The zero-order chi connectivity index (χ0) is 14.8. The minimum absolute atomic E-state index is 0.244. The van der Waals surface area contributed by atoms with Crippen LogP contribution in [0, 0.1) is 18.8 Å². The maximum atomic E-state index is 12.5. The third-order valence-corrected chi connectivity index (χ3v) is 5.41. The van der Waals surface area contributed by atoms with E-state index in [0.29, 0.717) is 11.1 Å². The van der Waals surface area contributed by atoms with Crippen LogP contribution in [-0.4, -0.2) is 25.7 Å². The SMILES string of the molecule is Cc1ccc(C#CCO)cc1S(=O)(=O)NC1(C)CCC1. The lowest BCUT2D eigenvalue weighted by atomic mass is 9.80. The highest BCUT2D eigenvalue weighted by Gasteiger charge is 2.36. The van der Waals surface area contributed by atoms with Crippen LogP contribution in [0.2, 0.25) is 0 Å². The fraction of sp³-hybridized carbons (Fsp3) is 0.467. The highest BCUT2D eigenvalue weighted by Crippen LogP contribution is 2.33. The minimum Gasteiger partial charge on any atom is -0.384 e. The van der Waals surface area contributed by atoms with Gasteiger partial charge in [0.05, 0.1) is 4.90 Å². The maximum Gasteiger partial charge on any atom is 0.241 e. The van der Waals surface area contributed by atoms with Crippen molar-refractivity contribution in [2.24, 2.45) is 0 Å². The zero-order valence-electron chi connectivity index (χ0n) is 11.7. The average molecular weight is 293 g/mol. The number of aryl methyl sites for hydroxylation is 1. The van der Waals surface area contributed by atoms with Crippen molar-refractivity contribution in [1.29, 1.82) is 0 Å².